The number of fused-ring (bicyclic) bond motifs is 1. The number of piperazine rings is 1. The third kappa shape index (κ3) is 2.62. The molecule has 0 bridgehead atoms. The molecular formula is C14H20N2O3. The molecule has 1 atom stereocenters. The van der Waals surface area contributed by atoms with Crippen LogP contribution in [-0.4, -0.2) is 52.6 Å². The van der Waals surface area contributed by atoms with E-state index in [-0.39, 0.29) is 6.10 Å². The van der Waals surface area contributed by atoms with Crippen molar-refractivity contribution >= 4 is 5.69 Å². The fourth-order valence-electron chi connectivity index (χ4n) is 2.46. The van der Waals surface area contributed by atoms with E-state index in [4.69, 9.17) is 14.2 Å². The lowest BCUT2D eigenvalue weighted by Crippen LogP contribution is -2.43. The van der Waals surface area contributed by atoms with Crippen molar-refractivity contribution in [1.82, 2.24) is 5.32 Å². The van der Waals surface area contributed by atoms with Crippen LogP contribution >= 0.6 is 0 Å². The van der Waals surface area contributed by atoms with Gasteiger partial charge < -0.3 is 24.4 Å². The predicted molar refractivity (Wildman–Crippen MR) is 73.3 cm³/mol. The van der Waals surface area contributed by atoms with Gasteiger partial charge in [0.1, 0.15) is 19.3 Å². The number of rotatable bonds is 2. The second kappa shape index (κ2) is 5.67. The molecule has 3 rings (SSSR count). The zero-order valence-electron chi connectivity index (χ0n) is 11.2. The van der Waals surface area contributed by atoms with Gasteiger partial charge in [0, 0.05) is 33.3 Å². The first kappa shape index (κ1) is 12.6. The van der Waals surface area contributed by atoms with Crippen molar-refractivity contribution in [2.45, 2.75) is 6.10 Å². The number of methoxy groups -OCH3 is 1. The van der Waals surface area contributed by atoms with Crippen LogP contribution in [0.1, 0.15) is 0 Å². The van der Waals surface area contributed by atoms with Crippen LogP contribution in [0.2, 0.25) is 0 Å². The lowest BCUT2D eigenvalue weighted by molar-refractivity contribution is 0.0367. The SMILES string of the molecule is COC1COc2cccc(N3CCNCC3)c2OC1. The Labute approximate surface area is 113 Å². The van der Waals surface area contributed by atoms with Crippen LogP contribution in [0.15, 0.2) is 18.2 Å². The Kier molecular flexibility index (Phi) is 3.75. The van der Waals surface area contributed by atoms with Crippen molar-refractivity contribution in [2.75, 3.05) is 51.4 Å². The lowest BCUT2D eigenvalue weighted by atomic mass is 10.2. The van der Waals surface area contributed by atoms with Gasteiger partial charge in [-0.1, -0.05) is 6.07 Å². The van der Waals surface area contributed by atoms with Crippen LogP contribution < -0.4 is 19.7 Å². The van der Waals surface area contributed by atoms with Gasteiger partial charge in [0.15, 0.2) is 11.5 Å². The minimum Gasteiger partial charge on any atom is -0.487 e. The van der Waals surface area contributed by atoms with Gasteiger partial charge in [0.25, 0.3) is 0 Å². The molecule has 1 N–H and O–H groups in total. The first-order valence-corrected chi connectivity index (χ1v) is 6.75. The molecule has 104 valence electrons. The number of nitrogens with one attached hydrogen (secondary N) is 1. The fraction of sp³-hybridized carbons (Fsp3) is 0.571. The van der Waals surface area contributed by atoms with E-state index in [2.05, 4.69) is 16.3 Å². The van der Waals surface area contributed by atoms with Gasteiger partial charge in [0.2, 0.25) is 0 Å². The molecule has 0 aliphatic carbocycles. The summed E-state index contributed by atoms with van der Waals surface area (Å²) in [5.74, 6) is 1.67. The van der Waals surface area contributed by atoms with Crippen molar-refractivity contribution in [1.29, 1.82) is 0 Å². The molecule has 5 nitrogen and oxygen atoms in total. The highest BCUT2D eigenvalue weighted by Gasteiger charge is 2.23. The topological polar surface area (TPSA) is 43.0 Å². The van der Waals surface area contributed by atoms with E-state index >= 15 is 0 Å². The summed E-state index contributed by atoms with van der Waals surface area (Å²) in [6.45, 7) is 5.07. The van der Waals surface area contributed by atoms with Crippen molar-refractivity contribution < 1.29 is 14.2 Å². The van der Waals surface area contributed by atoms with Crippen LogP contribution in [0.4, 0.5) is 5.69 Å². The molecule has 0 amide bonds. The van der Waals surface area contributed by atoms with Crippen LogP contribution in [0.25, 0.3) is 0 Å². The Hall–Kier alpha value is -1.46. The summed E-state index contributed by atoms with van der Waals surface area (Å²) in [6, 6.07) is 6.08. The summed E-state index contributed by atoms with van der Waals surface area (Å²) in [6.07, 6.45) is -0.0109. The molecule has 1 unspecified atom stereocenters. The minimum absolute atomic E-state index is 0.0109. The minimum atomic E-state index is -0.0109. The number of nitrogens with zero attached hydrogens (tertiary/aromatic N) is 1. The largest absolute Gasteiger partial charge is 0.487 e. The van der Waals surface area contributed by atoms with Crippen molar-refractivity contribution in [3.63, 3.8) is 0 Å². The number of benzene rings is 1. The molecule has 1 saturated heterocycles. The van der Waals surface area contributed by atoms with E-state index in [0.717, 1.165) is 43.4 Å². The molecule has 1 aromatic rings. The summed E-state index contributed by atoms with van der Waals surface area (Å²) < 4.78 is 17.0. The summed E-state index contributed by atoms with van der Waals surface area (Å²) in [5.41, 5.74) is 1.12. The number of hydrogen-bond acceptors (Lipinski definition) is 5. The number of anilines is 1. The molecule has 0 radical (unpaired) electrons. The first-order chi connectivity index (χ1) is 9.38. The maximum atomic E-state index is 5.92. The van der Waals surface area contributed by atoms with Gasteiger partial charge in [-0.3, -0.25) is 0 Å². The molecular weight excluding hydrogens is 244 g/mol. The maximum absolute atomic E-state index is 5.92. The average Bonchev–Trinajstić information content (AvgIpc) is 2.70. The summed E-state index contributed by atoms with van der Waals surface area (Å²) in [5, 5.41) is 3.36. The number of hydrogen-bond donors (Lipinski definition) is 1. The molecule has 2 heterocycles. The Bertz CT molecular complexity index is 433. The molecule has 5 heteroatoms. The highest BCUT2D eigenvalue weighted by atomic mass is 16.6. The van der Waals surface area contributed by atoms with E-state index in [0.29, 0.717) is 13.2 Å². The van der Waals surface area contributed by atoms with E-state index in [1.807, 2.05) is 12.1 Å². The summed E-state index contributed by atoms with van der Waals surface area (Å²) in [4.78, 5) is 2.34. The van der Waals surface area contributed by atoms with Crippen LogP contribution in [0.3, 0.4) is 0 Å². The van der Waals surface area contributed by atoms with E-state index in [1.54, 1.807) is 7.11 Å². The summed E-state index contributed by atoms with van der Waals surface area (Å²) >= 11 is 0. The van der Waals surface area contributed by atoms with Crippen LogP contribution in [0.5, 0.6) is 11.5 Å². The molecule has 0 aromatic heterocycles. The Morgan fingerprint density at radius 3 is 2.79 bits per heavy atom. The monoisotopic (exact) mass is 264 g/mol. The molecule has 2 aliphatic heterocycles. The molecule has 19 heavy (non-hydrogen) atoms. The van der Waals surface area contributed by atoms with Crippen molar-refractivity contribution in [3.8, 4) is 11.5 Å². The normalized spacial score (nSPS) is 23.0. The molecule has 0 spiro atoms. The lowest BCUT2D eigenvalue weighted by Gasteiger charge is -2.30. The van der Waals surface area contributed by atoms with E-state index in [9.17, 15) is 0 Å². The molecule has 2 aliphatic rings. The van der Waals surface area contributed by atoms with Gasteiger partial charge >= 0.3 is 0 Å². The molecule has 1 aromatic carbocycles. The highest BCUT2D eigenvalue weighted by molar-refractivity contribution is 5.65. The standard InChI is InChI=1S/C14H20N2O3/c1-17-11-9-18-13-4-2-3-12(14(13)19-10-11)16-7-5-15-6-8-16/h2-4,11,15H,5-10H2,1H3. The van der Waals surface area contributed by atoms with Gasteiger partial charge in [-0.25, -0.2) is 0 Å². The number of para-hydroxylation sites is 1. The summed E-state index contributed by atoms with van der Waals surface area (Å²) in [7, 11) is 1.69. The second-order valence-electron chi connectivity index (χ2n) is 4.82. The van der Waals surface area contributed by atoms with Crippen LogP contribution in [-0.2, 0) is 4.74 Å². The van der Waals surface area contributed by atoms with Gasteiger partial charge in [-0.05, 0) is 12.1 Å². The molecule has 0 saturated carbocycles. The van der Waals surface area contributed by atoms with Gasteiger partial charge in [0.05, 0.1) is 5.69 Å². The zero-order valence-corrected chi connectivity index (χ0v) is 11.2. The van der Waals surface area contributed by atoms with E-state index < -0.39 is 0 Å². The molecule has 1 fully saturated rings. The highest BCUT2D eigenvalue weighted by Crippen LogP contribution is 2.39. The Balaban J connectivity index is 1.86. The van der Waals surface area contributed by atoms with Gasteiger partial charge in [-0.2, -0.15) is 0 Å². The Morgan fingerprint density at radius 2 is 2.00 bits per heavy atom. The third-order valence-electron chi connectivity index (χ3n) is 3.59. The number of ether oxygens (including phenoxy) is 3. The van der Waals surface area contributed by atoms with Crippen molar-refractivity contribution in [3.05, 3.63) is 18.2 Å². The van der Waals surface area contributed by atoms with Gasteiger partial charge in [-0.15, -0.1) is 0 Å². The van der Waals surface area contributed by atoms with Crippen LogP contribution in [0, 0.1) is 0 Å². The third-order valence-corrected chi connectivity index (χ3v) is 3.59. The van der Waals surface area contributed by atoms with E-state index in [1.165, 1.54) is 0 Å². The fourth-order valence-corrected chi connectivity index (χ4v) is 2.46. The Morgan fingerprint density at radius 1 is 1.21 bits per heavy atom. The quantitative estimate of drug-likeness (QED) is 0.859. The average molecular weight is 264 g/mol. The first-order valence-electron chi connectivity index (χ1n) is 6.75. The zero-order chi connectivity index (χ0) is 13.1. The maximum Gasteiger partial charge on any atom is 0.184 e. The second-order valence-corrected chi connectivity index (χ2v) is 4.82. The smallest absolute Gasteiger partial charge is 0.184 e. The van der Waals surface area contributed by atoms with Crippen molar-refractivity contribution in [2.24, 2.45) is 0 Å². The predicted octanol–water partition coefficient (Wildman–Crippen LogP) is 0.882.